The zero-order chi connectivity index (χ0) is 11.5. The second kappa shape index (κ2) is 4.93. The van der Waals surface area contributed by atoms with Crippen LogP contribution in [0.25, 0.3) is 0 Å². The van der Waals surface area contributed by atoms with E-state index in [-0.39, 0.29) is 11.9 Å². The van der Waals surface area contributed by atoms with Gasteiger partial charge in [0.2, 0.25) is 5.91 Å². The summed E-state index contributed by atoms with van der Waals surface area (Å²) in [6.45, 7) is 1.91. The molecule has 4 nitrogen and oxygen atoms in total. The Labute approximate surface area is 99.3 Å². The number of aromatic nitrogens is 1. The van der Waals surface area contributed by atoms with E-state index in [0.717, 1.165) is 24.4 Å². The van der Waals surface area contributed by atoms with Crippen LogP contribution in [0.1, 0.15) is 36.8 Å². The minimum atomic E-state index is 0.0183. The molecule has 0 saturated heterocycles. The third kappa shape index (κ3) is 2.80. The Morgan fingerprint density at radius 1 is 1.62 bits per heavy atom. The Hall–Kier alpha value is -0.940. The van der Waals surface area contributed by atoms with E-state index >= 15 is 0 Å². The van der Waals surface area contributed by atoms with Crippen molar-refractivity contribution in [3.8, 4) is 0 Å². The van der Waals surface area contributed by atoms with Crippen molar-refractivity contribution in [2.75, 3.05) is 5.32 Å². The first-order valence-electron chi connectivity index (χ1n) is 5.69. The molecule has 5 heteroatoms. The second-order valence-corrected chi connectivity index (χ2v) is 5.39. The van der Waals surface area contributed by atoms with Gasteiger partial charge in [-0.1, -0.05) is 0 Å². The minimum absolute atomic E-state index is 0.0183. The fourth-order valence-electron chi connectivity index (χ4n) is 1.78. The minimum Gasteiger partial charge on any atom is -0.328 e. The Bertz CT molecular complexity index is 365. The molecule has 1 atom stereocenters. The van der Waals surface area contributed by atoms with Gasteiger partial charge in [-0.15, -0.1) is 11.3 Å². The van der Waals surface area contributed by atoms with E-state index in [2.05, 4.69) is 10.3 Å². The molecule has 1 unspecified atom stereocenters. The van der Waals surface area contributed by atoms with Gasteiger partial charge in [0.05, 0.1) is 5.69 Å². The third-order valence-electron chi connectivity index (χ3n) is 2.67. The van der Waals surface area contributed by atoms with Crippen LogP contribution in [0.2, 0.25) is 0 Å². The van der Waals surface area contributed by atoms with Gasteiger partial charge in [-0.25, -0.2) is 4.98 Å². The van der Waals surface area contributed by atoms with Crippen molar-refractivity contribution in [3.63, 3.8) is 0 Å². The van der Waals surface area contributed by atoms with Crippen LogP contribution in [-0.2, 0) is 17.6 Å². The van der Waals surface area contributed by atoms with E-state index in [1.54, 1.807) is 11.3 Å². The van der Waals surface area contributed by atoms with Crippen LogP contribution < -0.4 is 11.1 Å². The van der Waals surface area contributed by atoms with Gasteiger partial charge in [0.15, 0.2) is 5.13 Å². The van der Waals surface area contributed by atoms with E-state index < -0.39 is 0 Å². The third-order valence-corrected chi connectivity index (χ3v) is 3.74. The Morgan fingerprint density at radius 3 is 3.12 bits per heavy atom. The molecule has 1 heterocycles. The lowest BCUT2D eigenvalue weighted by Crippen LogP contribution is -2.19. The first-order chi connectivity index (χ1) is 7.65. The fourth-order valence-corrected chi connectivity index (χ4v) is 2.85. The van der Waals surface area contributed by atoms with E-state index in [9.17, 15) is 4.79 Å². The zero-order valence-corrected chi connectivity index (χ0v) is 10.3. The lowest BCUT2D eigenvalue weighted by atomic mass is 10.2. The van der Waals surface area contributed by atoms with Crippen molar-refractivity contribution in [1.82, 2.24) is 4.98 Å². The summed E-state index contributed by atoms with van der Waals surface area (Å²) in [5.74, 6) is 0.0183. The number of nitrogens with zero attached hydrogens (tertiary/aromatic N) is 1. The molecule has 0 fully saturated rings. The molecule has 0 spiro atoms. The predicted molar refractivity (Wildman–Crippen MR) is 65.7 cm³/mol. The highest BCUT2D eigenvalue weighted by molar-refractivity contribution is 7.15. The average Bonchev–Trinajstić information content (AvgIpc) is 2.74. The number of anilines is 1. The summed E-state index contributed by atoms with van der Waals surface area (Å²) in [7, 11) is 0. The van der Waals surface area contributed by atoms with Crippen LogP contribution in [0, 0.1) is 0 Å². The predicted octanol–water partition coefficient (Wildman–Crippen LogP) is 1.70. The van der Waals surface area contributed by atoms with Crippen LogP contribution in [0.4, 0.5) is 5.13 Å². The molecular weight excluding hydrogens is 222 g/mol. The van der Waals surface area contributed by atoms with Gasteiger partial charge < -0.3 is 11.1 Å². The molecule has 3 N–H and O–H groups in total. The summed E-state index contributed by atoms with van der Waals surface area (Å²) < 4.78 is 0. The van der Waals surface area contributed by atoms with Gasteiger partial charge in [0.1, 0.15) is 0 Å². The highest BCUT2D eigenvalue weighted by Gasteiger charge is 2.17. The summed E-state index contributed by atoms with van der Waals surface area (Å²) >= 11 is 1.61. The summed E-state index contributed by atoms with van der Waals surface area (Å²) in [4.78, 5) is 17.3. The molecule has 0 radical (unpaired) electrons. The average molecular weight is 239 g/mol. The van der Waals surface area contributed by atoms with Crippen LogP contribution in [0.5, 0.6) is 0 Å². The quantitative estimate of drug-likeness (QED) is 0.840. The number of hydrogen-bond acceptors (Lipinski definition) is 4. The molecular formula is C11H17N3OS. The molecule has 16 heavy (non-hydrogen) atoms. The maximum absolute atomic E-state index is 11.5. The van der Waals surface area contributed by atoms with Crippen molar-refractivity contribution >= 4 is 22.4 Å². The molecule has 0 aliphatic heterocycles. The SMILES string of the molecule is CC(N)CCC(=O)Nc1nc2c(s1)CCC2. The van der Waals surface area contributed by atoms with Gasteiger partial charge in [-0.2, -0.15) is 0 Å². The molecule has 1 aromatic rings. The smallest absolute Gasteiger partial charge is 0.226 e. The van der Waals surface area contributed by atoms with Gasteiger partial charge in [-0.05, 0) is 32.6 Å². The van der Waals surface area contributed by atoms with E-state index in [4.69, 9.17) is 5.73 Å². The number of carbonyl (C=O) groups excluding carboxylic acids is 1. The van der Waals surface area contributed by atoms with Crippen LogP contribution in [0.15, 0.2) is 0 Å². The number of thiazole rings is 1. The maximum atomic E-state index is 11.5. The number of nitrogens with two attached hydrogens (primary N) is 1. The number of amides is 1. The molecule has 0 aromatic carbocycles. The Morgan fingerprint density at radius 2 is 2.44 bits per heavy atom. The van der Waals surface area contributed by atoms with Gasteiger partial charge in [0.25, 0.3) is 0 Å². The zero-order valence-electron chi connectivity index (χ0n) is 9.45. The number of rotatable bonds is 4. The van der Waals surface area contributed by atoms with Gasteiger partial charge in [-0.3, -0.25) is 4.79 Å². The Kier molecular flexibility index (Phi) is 3.56. The van der Waals surface area contributed by atoms with Crippen molar-refractivity contribution < 1.29 is 4.79 Å². The molecule has 0 saturated carbocycles. The summed E-state index contributed by atoms with van der Waals surface area (Å²) in [5, 5.41) is 3.59. The van der Waals surface area contributed by atoms with Crippen molar-refractivity contribution in [3.05, 3.63) is 10.6 Å². The van der Waals surface area contributed by atoms with E-state index in [1.165, 1.54) is 17.0 Å². The van der Waals surface area contributed by atoms with E-state index in [0.29, 0.717) is 6.42 Å². The van der Waals surface area contributed by atoms with Crippen LogP contribution >= 0.6 is 11.3 Å². The molecule has 1 aliphatic carbocycles. The fraction of sp³-hybridized carbons (Fsp3) is 0.636. The van der Waals surface area contributed by atoms with Crippen molar-refractivity contribution in [2.45, 2.75) is 45.1 Å². The largest absolute Gasteiger partial charge is 0.328 e. The lowest BCUT2D eigenvalue weighted by Gasteiger charge is -2.04. The topological polar surface area (TPSA) is 68.0 Å². The lowest BCUT2D eigenvalue weighted by molar-refractivity contribution is -0.116. The molecule has 1 amide bonds. The Balaban J connectivity index is 1.86. The van der Waals surface area contributed by atoms with E-state index in [1.807, 2.05) is 6.92 Å². The first kappa shape index (κ1) is 11.5. The molecule has 88 valence electrons. The van der Waals surface area contributed by atoms with Gasteiger partial charge in [0, 0.05) is 17.3 Å². The first-order valence-corrected chi connectivity index (χ1v) is 6.51. The maximum Gasteiger partial charge on any atom is 0.226 e. The molecule has 0 bridgehead atoms. The number of hydrogen-bond donors (Lipinski definition) is 2. The van der Waals surface area contributed by atoms with Crippen molar-refractivity contribution in [1.29, 1.82) is 0 Å². The number of nitrogens with one attached hydrogen (secondary N) is 1. The van der Waals surface area contributed by atoms with Gasteiger partial charge >= 0.3 is 0 Å². The summed E-state index contributed by atoms with van der Waals surface area (Å²) in [5.41, 5.74) is 6.77. The molecule has 1 aliphatic rings. The summed E-state index contributed by atoms with van der Waals surface area (Å²) in [6.07, 6.45) is 4.57. The second-order valence-electron chi connectivity index (χ2n) is 4.31. The number of carbonyl (C=O) groups is 1. The number of aryl methyl sites for hydroxylation is 2. The standard InChI is InChI=1S/C11H17N3OS/c1-7(12)5-6-10(15)14-11-13-8-3-2-4-9(8)16-11/h7H,2-6,12H2,1H3,(H,13,14,15). The molecule has 1 aromatic heterocycles. The summed E-state index contributed by atoms with van der Waals surface area (Å²) in [6, 6.07) is 0.0760. The number of fused-ring (bicyclic) bond motifs is 1. The van der Waals surface area contributed by atoms with Crippen molar-refractivity contribution in [2.24, 2.45) is 5.73 Å². The molecule has 2 rings (SSSR count). The highest BCUT2D eigenvalue weighted by Crippen LogP contribution is 2.30. The highest BCUT2D eigenvalue weighted by atomic mass is 32.1. The monoisotopic (exact) mass is 239 g/mol. The van der Waals surface area contributed by atoms with Crippen LogP contribution in [0.3, 0.4) is 0 Å². The van der Waals surface area contributed by atoms with Crippen LogP contribution in [-0.4, -0.2) is 16.9 Å². The normalized spacial score (nSPS) is 15.9.